The lowest BCUT2D eigenvalue weighted by molar-refractivity contribution is 0.108. The van der Waals surface area contributed by atoms with Crippen LogP contribution in [0.1, 0.15) is 45.2 Å². The lowest BCUT2D eigenvalue weighted by atomic mass is 10.1. The molecule has 0 spiro atoms. The normalized spacial score (nSPS) is 20.7. The molecule has 0 aromatic heterocycles. The van der Waals surface area contributed by atoms with E-state index in [0.29, 0.717) is 12.1 Å². The Kier molecular flexibility index (Phi) is 5.23. The molecule has 0 unspecified atom stereocenters. The molecule has 1 fully saturated rings. The van der Waals surface area contributed by atoms with Crippen molar-refractivity contribution in [2.45, 2.75) is 51.9 Å². The van der Waals surface area contributed by atoms with Crippen LogP contribution in [-0.4, -0.2) is 25.4 Å². The first-order chi connectivity index (χ1) is 9.15. The number of hydrogen-bond acceptors (Lipinski definition) is 3. The minimum atomic E-state index is 0.223. The van der Waals surface area contributed by atoms with Gasteiger partial charge in [0, 0.05) is 19.2 Å². The van der Waals surface area contributed by atoms with Crippen molar-refractivity contribution in [2.24, 2.45) is 0 Å². The summed E-state index contributed by atoms with van der Waals surface area (Å²) in [5, 5.41) is 3.54. The fourth-order valence-corrected chi connectivity index (χ4v) is 2.34. The summed E-state index contributed by atoms with van der Waals surface area (Å²) in [6, 6.07) is 8.69. The van der Waals surface area contributed by atoms with Crippen LogP contribution in [0.15, 0.2) is 24.3 Å². The van der Waals surface area contributed by atoms with E-state index in [1.165, 1.54) is 18.4 Å². The molecule has 2 rings (SSSR count). The zero-order valence-electron chi connectivity index (χ0n) is 12.2. The molecule has 2 atom stereocenters. The van der Waals surface area contributed by atoms with Crippen molar-refractivity contribution in [3.8, 4) is 5.75 Å². The molecular weight excluding hydrogens is 238 g/mol. The van der Waals surface area contributed by atoms with Crippen LogP contribution in [0.3, 0.4) is 0 Å². The number of rotatable bonds is 6. The predicted molar refractivity (Wildman–Crippen MR) is 77.6 cm³/mol. The van der Waals surface area contributed by atoms with Gasteiger partial charge in [-0.15, -0.1) is 0 Å². The highest BCUT2D eigenvalue weighted by Crippen LogP contribution is 2.19. The molecule has 0 saturated carbocycles. The first-order valence-electron chi connectivity index (χ1n) is 7.27. The van der Waals surface area contributed by atoms with Gasteiger partial charge in [0.25, 0.3) is 0 Å². The standard InChI is InChI=1S/C16H25NO2/c1-12(2)19-15-8-6-14(7-9-15)13(3)17-11-16-5-4-10-18-16/h6-9,12-13,16-17H,4-5,10-11H2,1-3H3/t13-,16-/m1/s1. The van der Waals surface area contributed by atoms with Crippen LogP contribution in [-0.2, 0) is 4.74 Å². The third-order valence-electron chi connectivity index (χ3n) is 3.43. The van der Waals surface area contributed by atoms with Crippen molar-refractivity contribution in [1.29, 1.82) is 0 Å². The molecule has 3 heteroatoms. The summed E-state index contributed by atoms with van der Waals surface area (Å²) in [5.41, 5.74) is 1.29. The highest BCUT2D eigenvalue weighted by molar-refractivity contribution is 5.29. The Hall–Kier alpha value is -1.06. The summed E-state index contributed by atoms with van der Waals surface area (Å²) in [5.74, 6) is 0.935. The molecule has 19 heavy (non-hydrogen) atoms. The summed E-state index contributed by atoms with van der Waals surface area (Å²) in [4.78, 5) is 0. The Morgan fingerprint density at radius 2 is 2.00 bits per heavy atom. The highest BCUT2D eigenvalue weighted by atomic mass is 16.5. The minimum absolute atomic E-state index is 0.223. The zero-order chi connectivity index (χ0) is 13.7. The second-order valence-electron chi connectivity index (χ2n) is 5.50. The molecule has 0 amide bonds. The van der Waals surface area contributed by atoms with Gasteiger partial charge in [0.2, 0.25) is 0 Å². The fourth-order valence-electron chi connectivity index (χ4n) is 2.34. The van der Waals surface area contributed by atoms with Gasteiger partial charge in [-0.25, -0.2) is 0 Å². The van der Waals surface area contributed by atoms with Crippen molar-refractivity contribution in [2.75, 3.05) is 13.2 Å². The molecule has 1 heterocycles. The number of nitrogens with one attached hydrogen (secondary N) is 1. The van der Waals surface area contributed by atoms with Crippen LogP contribution in [0.4, 0.5) is 0 Å². The van der Waals surface area contributed by atoms with Gasteiger partial charge in [-0.3, -0.25) is 0 Å². The maximum Gasteiger partial charge on any atom is 0.119 e. The van der Waals surface area contributed by atoms with Gasteiger partial charge in [0.15, 0.2) is 0 Å². The average Bonchev–Trinajstić information content (AvgIpc) is 2.89. The average molecular weight is 263 g/mol. The van der Waals surface area contributed by atoms with E-state index in [0.717, 1.165) is 18.9 Å². The van der Waals surface area contributed by atoms with Crippen molar-refractivity contribution >= 4 is 0 Å². The minimum Gasteiger partial charge on any atom is -0.491 e. The number of benzene rings is 1. The molecule has 1 aliphatic heterocycles. The first-order valence-corrected chi connectivity index (χ1v) is 7.27. The molecule has 0 radical (unpaired) electrons. The summed E-state index contributed by atoms with van der Waals surface area (Å²) in [7, 11) is 0. The van der Waals surface area contributed by atoms with Gasteiger partial charge in [-0.2, -0.15) is 0 Å². The second-order valence-corrected chi connectivity index (χ2v) is 5.50. The quantitative estimate of drug-likeness (QED) is 0.854. The lowest BCUT2D eigenvalue weighted by Crippen LogP contribution is -2.28. The van der Waals surface area contributed by atoms with E-state index >= 15 is 0 Å². The summed E-state index contributed by atoms with van der Waals surface area (Å²) < 4.78 is 11.3. The molecule has 0 bridgehead atoms. The Labute approximate surface area is 116 Å². The lowest BCUT2D eigenvalue weighted by Gasteiger charge is -2.18. The van der Waals surface area contributed by atoms with E-state index in [2.05, 4.69) is 24.4 Å². The molecule has 1 aromatic carbocycles. The maximum absolute atomic E-state index is 5.65. The van der Waals surface area contributed by atoms with Gasteiger partial charge in [-0.05, 0) is 51.3 Å². The summed E-state index contributed by atoms with van der Waals surface area (Å²) in [6.45, 7) is 8.13. The zero-order valence-corrected chi connectivity index (χ0v) is 12.2. The van der Waals surface area contributed by atoms with Crippen molar-refractivity contribution < 1.29 is 9.47 Å². The molecule has 1 aromatic rings. The number of hydrogen-bond donors (Lipinski definition) is 1. The second kappa shape index (κ2) is 6.92. The van der Waals surface area contributed by atoms with Crippen LogP contribution in [0.2, 0.25) is 0 Å². The highest BCUT2D eigenvalue weighted by Gasteiger charge is 2.16. The van der Waals surface area contributed by atoms with Gasteiger partial charge < -0.3 is 14.8 Å². The maximum atomic E-state index is 5.65. The fraction of sp³-hybridized carbons (Fsp3) is 0.625. The molecule has 1 N–H and O–H groups in total. The van der Waals surface area contributed by atoms with E-state index in [-0.39, 0.29) is 6.10 Å². The van der Waals surface area contributed by atoms with Crippen LogP contribution in [0.25, 0.3) is 0 Å². The molecule has 106 valence electrons. The number of ether oxygens (including phenoxy) is 2. The Morgan fingerprint density at radius 1 is 1.26 bits per heavy atom. The van der Waals surface area contributed by atoms with Crippen molar-refractivity contribution in [1.82, 2.24) is 5.32 Å². The van der Waals surface area contributed by atoms with E-state index in [4.69, 9.17) is 9.47 Å². The van der Waals surface area contributed by atoms with E-state index < -0.39 is 0 Å². The predicted octanol–water partition coefficient (Wildman–Crippen LogP) is 3.30. The van der Waals surface area contributed by atoms with E-state index in [9.17, 15) is 0 Å². The van der Waals surface area contributed by atoms with Gasteiger partial charge >= 0.3 is 0 Å². The Bertz CT molecular complexity index is 369. The Morgan fingerprint density at radius 3 is 2.58 bits per heavy atom. The monoisotopic (exact) mass is 263 g/mol. The largest absolute Gasteiger partial charge is 0.491 e. The first kappa shape index (κ1) is 14.4. The smallest absolute Gasteiger partial charge is 0.119 e. The van der Waals surface area contributed by atoms with Crippen LogP contribution < -0.4 is 10.1 Å². The third kappa shape index (κ3) is 4.51. The van der Waals surface area contributed by atoms with E-state index in [1.54, 1.807) is 0 Å². The molecule has 1 aliphatic rings. The van der Waals surface area contributed by atoms with Crippen LogP contribution >= 0.6 is 0 Å². The topological polar surface area (TPSA) is 30.5 Å². The third-order valence-corrected chi connectivity index (χ3v) is 3.43. The molecular formula is C16H25NO2. The SMILES string of the molecule is CC(C)Oc1ccc([C@@H](C)NC[C@H]2CCCO2)cc1. The summed E-state index contributed by atoms with van der Waals surface area (Å²) >= 11 is 0. The molecule has 1 saturated heterocycles. The molecule has 0 aliphatic carbocycles. The van der Waals surface area contributed by atoms with Crippen molar-refractivity contribution in [3.63, 3.8) is 0 Å². The van der Waals surface area contributed by atoms with E-state index in [1.807, 2.05) is 26.0 Å². The van der Waals surface area contributed by atoms with Gasteiger partial charge in [0.05, 0.1) is 12.2 Å². The Balaban J connectivity index is 1.82. The van der Waals surface area contributed by atoms with Crippen LogP contribution in [0, 0.1) is 0 Å². The van der Waals surface area contributed by atoms with Gasteiger partial charge in [-0.1, -0.05) is 12.1 Å². The van der Waals surface area contributed by atoms with Gasteiger partial charge in [0.1, 0.15) is 5.75 Å². The van der Waals surface area contributed by atoms with Crippen molar-refractivity contribution in [3.05, 3.63) is 29.8 Å². The van der Waals surface area contributed by atoms with Crippen LogP contribution in [0.5, 0.6) is 5.75 Å². The summed E-state index contributed by atoms with van der Waals surface area (Å²) in [6.07, 6.45) is 3.00. The molecule has 3 nitrogen and oxygen atoms in total.